The van der Waals surface area contributed by atoms with Crippen molar-refractivity contribution in [2.45, 2.75) is 26.1 Å². The lowest BCUT2D eigenvalue weighted by molar-refractivity contribution is 0.0416. The molecule has 27 heavy (non-hydrogen) atoms. The van der Waals surface area contributed by atoms with E-state index in [2.05, 4.69) is 4.98 Å². The van der Waals surface area contributed by atoms with Gasteiger partial charge in [-0.3, -0.25) is 0 Å². The number of aromatic nitrogens is 1. The molecule has 0 bridgehead atoms. The van der Waals surface area contributed by atoms with Crippen LogP contribution in [0.4, 0.5) is 0 Å². The Hall–Kier alpha value is -3.15. The number of hydrogen-bond acceptors (Lipinski definition) is 5. The van der Waals surface area contributed by atoms with Crippen LogP contribution in [0.2, 0.25) is 0 Å². The predicted molar refractivity (Wildman–Crippen MR) is 101 cm³/mol. The smallest absolute Gasteiger partial charge is 0.355 e. The summed E-state index contributed by atoms with van der Waals surface area (Å²) in [5.41, 5.74) is 2.21. The van der Waals surface area contributed by atoms with E-state index in [0.29, 0.717) is 25.1 Å². The van der Waals surface area contributed by atoms with Gasteiger partial charge in [0.25, 0.3) is 0 Å². The van der Waals surface area contributed by atoms with Crippen LogP contribution in [0.15, 0.2) is 42.5 Å². The van der Waals surface area contributed by atoms with Crippen molar-refractivity contribution < 1.29 is 23.7 Å². The van der Waals surface area contributed by atoms with Crippen LogP contribution < -0.4 is 14.2 Å². The van der Waals surface area contributed by atoms with E-state index in [-0.39, 0.29) is 12.3 Å². The maximum absolute atomic E-state index is 12.4. The molecule has 2 aromatic carbocycles. The van der Waals surface area contributed by atoms with Gasteiger partial charge in [0.2, 0.25) is 6.29 Å². The Kier molecular flexibility index (Phi) is 4.62. The third kappa shape index (κ3) is 3.30. The van der Waals surface area contributed by atoms with E-state index in [1.54, 1.807) is 14.0 Å². The number of fused-ring (bicyclic) bond motifs is 2. The normalized spacial score (nSPS) is 13.1. The van der Waals surface area contributed by atoms with Gasteiger partial charge in [-0.25, -0.2) is 4.79 Å². The number of carbonyl (C=O) groups excluding carboxylic acids is 1. The second-order valence-corrected chi connectivity index (χ2v) is 6.26. The van der Waals surface area contributed by atoms with Crippen LogP contribution in [0, 0.1) is 0 Å². The van der Waals surface area contributed by atoms with E-state index in [1.165, 1.54) is 0 Å². The number of benzene rings is 2. The second kappa shape index (κ2) is 7.23. The molecule has 0 atom stereocenters. The van der Waals surface area contributed by atoms with E-state index in [4.69, 9.17) is 18.9 Å². The number of aromatic amines is 1. The molecule has 0 saturated carbocycles. The lowest BCUT2D eigenvalue weighted by Gasteiger charge is -2.11. The number of nitrogens with one attached hydrogen (secondary N) is 1. The first-order chi connectivity index (χ1) is 13.2. The number of aryl methyl sites for hydroxylation is 1. The van der Waals surface area contributed by atoms with Gasteiger partial charge in [-0.1, -0.05) is 12.1 Å². The minimum absolute atomic E-state index is 0.321. The first kappa shape index (κ1) is 17.3. The van der Waals surface area contributed by atoms with Crippen molar-refractivity contribution in [2.24, 2.45) is 0 Å². The van der Waals surface area contributed by atoms with Crippen molar-refractivity contribution in [1.82, 2.24) is 4.98 Å². The van der Waals surface area contributed by atoms with Crippen LogP contribution in [-0.4, -0.2) is 31.0 Å². The summed E-state index contributed by atoms with van der Waals surface area (Å²) in [6.45, 7) is 2.11. The standard InChI is InChI=1S/C21H21NO5/c1-3-25-21(23)20-14(15-12-13(24-2)8-10-16(15)22-20)9-11-19-26-17-6-4-5-7-18(17)27-19/h4-8,10,12,19,22H,3,9,11H2,1-2H3. The fourth-order valence-electron chi connectivity index (χ4n) is 3.32. The topological polar surface area (TPSA) is 69.8 Å². The molecular formula is C21H21NO5. The van der Waals surface area contributed by atoms with Gasteiger partial charge < -0.3 is 23.9 Å². The highest BCUT2D eigenvalue weighted by Gasteiger charge is 2.26. The number of carbonyl (C=O) groups is 1. The van der Waals surface area contributed by atoms with Crippen molar-refractivity contribution in [1.29, 1.82) is 0 Å². The summed E-state index contributed by atoms with van der Waals surface area (Å²) in [5, 5.41) is 0.938. The van der Waals surface area contributed by atoms with Gasteiger partial charge in [0.15, 0.2) is 11.5 Å². The Morgan fingerprint density at radius 1 is 1.15 bits per heavy atom. The number of para-hydroxylation sites is 2. The average molecular weight is 367 g/mol. The number of methoxy groups -OCH3 is 1. The van der Waals surface area contributed by atoms with Gasteiger partial charge in [0.1, 0.15) is 11.4 Å². The van der Waals surface area contributed by atoms with E-state index >= 15 is 0 Å². The SMILES string of the molecule is CCOC(=O)c1[nH]c2ccc(OC)cc2c1CCC1Oc2ccccc2O1. The van der Waals surface area contributed by atoms with Gasteiger partial charge in [0, 0.05) is 17.3 Å². The maximum atomic E-state index is 12.4. The summed E-state index contributed by atoms with van der Waals surface area (Å²) in [6.07, 6.45) is 0.818. The van der Waals surface area contributed by atoms with Crippen LogP contribution in [0.3, 0.4) is 0 Å². The summed E-state index contributed by atoms with van der Waals surface area (Å²) >= 11 is 0. The van der Waals surface area contributed by atoms with Crippen molar-refractivity contribution in [3.63, 3.8) is 0 Å². The maximum Gasteiger partial charge on any atom is 0.355 e. The predicted octanol–water partition coefficient (Wildman–Crippen LogP) is 4.08. The van der Waals surface area contributed by atoms with E-state index in [1.807, 2.05) is 42.5 Å². The lowest BCUT2D eigenvalue weighted by Crippen LogP contribution is -2.19. The van der Waals surface area contributed by atoms with Crippen LogP contribution in [0.1, 0.15) is 29.4 Å². The Labute approximate surface area is 157 Å². The molecule has 6 heteroatoms. The van der Waals surface area contributed by atoms with Crippen molar-refractivity contribution in [3.8, 4) is 17.2 Å². The monoisotopic (exact) mass is 367 g/mol. The van der Waals surface area contributed by atoms with Gasteiger partial charge >= 0.3 is 5.97 Å². The second-order valence-electron chi connectivity index (χ2n) is 6.26. The van der Waals surface area contributed by atoms with Gasteiger partial charge in [0.05, 0.1) is 13.7 Å². The Morgan fingerprint density at radius 3 is 2.56 bits per heavy atom. The summed E-state index contributed by atoms with van der Waals surface area (Å²) in [4.78, 5) is 15.6. The summed E-state index contributed by atoms with van der Waals surface area (Å²) < 4.78 is 22.2. The average Bonchev–Trinajstić information content (AvgIpc) is 3.26. The van der Waals surface area contributed by atoms with E-state index in [0.717, 1.165) is 33.7 Å². The molecule has 1 aliphatic rings. The third-order valence-electron chi connectivity index (χ3n) is 4.59. The fourth-order valence-corrected chi connectivity index (χ4v) is 3.32. The van der Waals surface area contributed by atoms with Crippen LogP contribution in [0.5, 0.6) is 17.2 Å². The van der Waals surface area contributed by atoms with Crippen LogP contribution >= 0.6 is 0 Å². The first-order valence-electron chi connectivity index (χ1n) is 8.97. The highest BCUT2D eigenvalue weighted by molar-refractivity contribution is 5.98. The third-order valence-corrected chi connectivity index (χ3v) is 4.59. The zero-order chi connectivity index (χ0) is 18.8. The van der Waals surface area contributed by atoms with Crippen LogP contribution in [-0.2, 0) is 11.2 Å². The first-order valence-corrected chi connectivity index (χ1v) is 8.97. The molecule has 0 unspecified atom stereocenters. The summed E-state index contributed by atoms with van der Waals surface area (Å²) in [5.74, 6) is 1.86. The van der Waals surface area contributed by atoms with Gasteiger partial charge in [-0.2, -0.15) is 0 Å². The molecule has 0 spiro atoms. The molecule has 140 valence electrons. The minimum Gasteiger partial charge on any atom is -0.497 e. The molecule has 0 saturated heterocycles. The van der Waals surface area contributed by atoms with Crippen LogP contribution in [0.25, 0.3) is 10.9 Å². The summed E-state index contributed by atoms with van der Waals surface area (Å²) in [7, 11) is 1.62. The molecule has 0 amide bonds. The molecule has 1 aliphatic heterocycles. The van der Waals surface area contributed by atoms with Gasteiger partial charge in [-0.05, 0) is 49.2 Å². The molecule has 1 aromatic heterocycles. The number of ether oxygens (including phenoxy) is 4. The van der Waals surface area contributed by atoms with Crippen molar-refractivity contribution in [3.05, 3.63) is 53.7 Å². The Balaban J connectivity index is 1.61. The number of rotatable bonds is 6. The molecule has 2 heterocycles. The number of esters is 1. The molecule has 0 radical (unpaired) electrons. The highest BCUT2D eigenvalue weighted by Crippen LogP contribution is 2.36. The molecule has 0 aliphatic carbocycles. The fraction of sp³-hybridized carbons (Fsp3) is 0.286. The highest BCUT2D eigenvalue weighted by atomic mass is 16.7. The molecule has 0 fully saturated rings. The van der Waals surface area contributed by atoms with E-state index in [9.17, 15) is 4.79 Å². The zero-order valence-corrected chi connectivity index (χ0v) is 15.3. The largest absolute Gasteiger partial charge is 0.497 e. The molecular weight excluding hydrogens is 346 g/mol. The van der Waals surface area contributed by atoms with E-state index < -0.39 is 0 Å². The summed E-state index contributed by atoms with van der Waals surface area (Å²) in [6, 6.07) is 13.3. The number of hydrogen-bond donors (Lipinski definition) is 1. The van der Waals surface area contributed by atoms with Gasteiger partial charge in [-0.15, -0.1) is 0 Å². The Morgan fingerprint density at radius 2 is 1.89 bits per heavy atom. The van der Waals surface area contributed by atoms with Crippen molar-refractivity contribution in [2.75, 3.05) is 13.7 Å². The zero-order valence-electron chi connectivity index (χ0n) is 15.3. The molecule has 3 aromatic rings. The molecule has 6 nitrogen and oxygen atoms in total. The Bertz CT molecular complexity index is 953. The molecule has 4 rings (SSSR count). The van der Waals surface area contributed by atoms with Crippen molar-refractivity contribution >= 4 is 16.9 Å². The quantitative estimate of drug-likeness (QED) is 0.665. The molecule has 1 N–H and O–H groups in total. The number of H-pyrrole nitrogens is 1. The minimum atomic E-state index is -0.381. The lowest BCUT2D eigenvalue weighted by atomic mass is 10.0.